The molecule has 0 radical (unpaired) electrons. The molecule has 3 rings (SSSR count). The fraction of sp³-hybridized carbons (Fsp3) is 0.500. The fourth-order valence-corrected chi connectivity index (χ4v) is 2.47. The second kappa shape index (κ2) is 4.62. The Morgan fingerprint density at radius 3 is 3.00 bits per heavy atom. The minimum Gasteiger partial charge on any atom is -0.396 e. The van der Waals surface area contributed by atoms with Crippen LogP contribution in [0.3, 0.4) is 0 Å². The second-order valence-corrected chi connectivity index (χ2v) is 5.06. The summed E-state index contributed by atoms with van der Waals surface area (Å²) in [6.07, 6.45) is 3.66. The average Bonchev–Trinajstić information content (AvgIpc) is 3.06. The Morgan fingerprint density at radius 1 is 1.50 bits per heavy atom. The maximum absolute atomic E-state index is 12.3. The van der Waals surface area contributed by atoms with Crippen LogP contribution in [-0.2, 0) is 26.6 Å². The number of amides is 1. The van der Waals surface area contributed by atoms with Crippen molar-refractivity contribution in [3.63, 3.8) is 0 Å². The van der Waals surface area contributed by atoms with Crippen LogP contribution in [0.2, 0.25) is 0 Å². The molecule has 0 unspecified atom stereocenters. The largest absolute Gasteiger partial charge is 0.396 e. The van der Waals surface area contributed by atoms with Crippen LogP contribution in [0.4, 0.5) is 5.69 Å². The number of carbonyl (C=O) groups excluding carboxylic acids is 1. The van der Waals surface area contributed by atoms with Gasteiger partial charge in [-0.15, -0.1) is 10.2 Å². The van der Waals surface area contributed by atoms with Crippen molar-refractivity contribution in [1.29, 1.82) is 0 Å². The summed E-state index contributed by atoms with van der Waals surface area (Å²) in [6.45, 7) is 1.33. The number of hydrogen-bond donors (Lipinski definition) is 1. The lowest BCUT2D eigenvalue weighted by molar-refractivity contribution is 0.0774. The smallest absolute Gasteiger partial charge is 0.276 e. The molecular formula is C12H17N7O. The Morgan fingerprint density at radius 2 is 2.30 bits per heavy atom. The molecule has 8 nitrogen and oxygen atoms in total. The molecule has 1 aliphatic heterocycles. The number of aromatic nitrogens is 5. The van der Waals surface area contributed by atoms with Gasteiger partial charge in [0.2, 0.25) is 0 Å². The third-order valence-electron chi connectivity index (χ3n) is 3.47. The van der Waals surface area contributed by atoms with Crippen molar-refractivity contribution < 1.29 is 4.79 Å². The van der Waals surface area contributed by atoms with Gasteiger partial charge in [0.1, 0.15) is 5.82 Å². The predicted octanol–water partition coefficient (Wildman–Crippen LogP) is -0.188. The van der Waals surface area contributed by atoms with E-state index in [1.165, 1.54) is 4.68 Å². The maximum atomic E-state index is 12.3. The number of nitrogens with zero attached hydrogens (tertiary/aromatic N) is 6. The highest BCUT2D eigenvalue weighted by atomic mass is 16.2. The van der Waals surface area contributed by atoms with Gasteiger partial charge < -0.3 is 15.2 Å². The SMILES string of the molecule is CN(Cc1nnc2n1CCC2)C(=O)c1nn(C)cc1N. The van der Waals surface area contributed by atoms with Gasteiger partial charge in [0.25, 0.3) is 5.91 Å². The quantitative estimate of drug-likeness (QED) is 0.838. The standard InChI is InChI=1S/C12H17N7O/c1-17(12(20)11-8(13)6-18(2)16-11)7-10-15-14-9-4-3-5-19(9)10/h6H,3-5,7,13H2,1-2H3. The summed E-state index contributed by atoms with van der Waals surface area (Å²) in [7, 11) is 3.45. The van der Waals surface area contributed by atoms with E-state index in [4.69, 9.17) is 5.73 Å². The van der Waals surface area contributed by atoms with Crippen molar-refractivity contribution in [1.82, 2.24) is 29.4 Å². The lowest BCUT2D eigenvalue weighted by atomic mass is 10.3. The lowest BCUT2D eigenvalue weighted by Crippen LogP contribution is -2.28. The Kier molecular flexibility index (Phi) is 2.92. The van der Waals surface area contributed by atoms with E-state index in [2.05, 4.69) is 19.9 Å². The summed E-state index contributed by atoms with van der Waals surface area (Å²) >= 11 is 0. The first kappa shape index (κ1) is 12.6. The minimum absolute atomic E-state index is 0.210. The van der Waals surface area contributed by atoms with Gasteiger partial charge in [-0.1, -0.05) is 0 Å². The van der Waals surface area contributed by atoms with Crippen LogP contribution < -0.4 is 5.73 Å². The number of rotatable bonds is 3. The molecule has 0 saturated heterocycles. The molecular weight excluding hydrogens is 258 g/mol. The van der Waals surface area contributed by atoms with E-state index < -0.39 is 0 Å². The zero-order valence-electron chi connectivity index (χ0n) is 11.6. The van der Waals surface area contributed by atoms with E-state index in [0.29, 0.717) is 12.2 Å². The summed E-state index contributed by atoms with van der Waals surface area (Å²) in [6, 6.07) is 0. The molecule has 0 bridgehead atoms. The van der Waals surface area contributed by atoms with E-state index >= 15 is 0 Å². The number of fused-ring (bicyclic) bond motifs is 1. The van der Waals surface area contributed by atoms with Crippen molar-refractivity contribution in [2.75, 3.05) is 12.8 Å². The van der Waals surface area contributed by atoms with Crippen LogP contribution in [0.5, 0.6) is 0 Å². The molecule has 3 heterocycles. The van der Waals surface area contributed by atoms with E-state index in [1.807, 2.05) is 0 Å². The van der Waals surface area contributed by atoms with Gasteiger partial charge in [0.05, 0.1) is 12.2 Å². The molecule has 0 spiro atoms. The number of aryl methyl sites for hydroxylation is 2. The molecule has 0 saturated carbocycles. The minimum atomic E-state index is -0.210. The number of hydrogen-bond acceptors (Lipinski definition) is 5. The van der Waals surface area contributed by atoms with E-state index in [-0.39, 0.29) is 11.6 Å². The molecule has 0 fully saturated rings. The fourth-order valence-electron chi connectivity index (χ4n) is 2.47. The Hall–Kier alpha value is -2.38. The first-order valence-electron chi connectivity index (χ1n) is 6.52. The monoisotopic (exact) mass is 275 g/mol. The maximum Gasteiger partial charge on any atom is 0.276 e. The highest BCUT2D eigenvalue weighted by Crippen LogP contribution is 2.16. The van der Waals surface area contributed by atoms with Crippen molar-refractivity contribution in [2.24, 2.45) is 7.05 Å². The lowest BCUT2D eigenvalue weighted by Gasteiger charge is -2.15. The van der Waals surface area contributed by atoms with Crippen molar-refractivity contribution in [2.45, 2.75) is 25.9 Å². The number of anilines is 1. The molecule has 0 atom stereocenters. The third kappa shape index (κ3) is 2.02. The van der Waals surface area contributed by atoms with Gasteiger partial charge in [0, 0.05) is 33.3 Å². The molecule has 1 amide bonds. The molecule has 20 heavy (non-hydrogen) atoms. The molecule has 0 aliphatic carbocycles. The Balaban J connectivity index is 1.77. The highest BCUT2D eigenvalue weighted by molar-refractivity contribution is 5.96. The average molecular weight is 275 g/mol. The number of nitrogen functional groups attached to an aromatic ring is 1. The Labute approximate surface area is 116 Å². The first-order valence-corrected chi connectivity index (χ1v) is 6.52. The van der Waals surface area contributed by atoms with Crippen molar-refractivity contribution >= 4 is 11.6 Å². The zero-order chi connectivity index (χ0) is 14.3. The number of carbonyl (C=O) groups is 1. The van der Waals surface area contributed by atoms with Crippen molar-refractivity contribution in [3.8, 4) is 0 Å². The van der Waals surface area contributed by atoms with E-state index in [9.17, 15) is 4.79 Å². The zero-order valence-corrected chi connectivity index (χ0v) is 11.6. The molecule has 8 heteroatoms. The molecule has 0 aromatic carbocycles. The topological polar surface area (TPSA) is 94.9 Å². The van der Waals surface area contributed by atoms with Crippen LogP contribution in [0.1, 0.15) is 28.6 Å². The molecule has 106 valence electrons. The highest BCUT2D eigenvalue weighted by Gasteiger charge is 2.22. The van der Waals surface area contributed by atoms with Gasteiger partial charge in [-0.05, 0) is 6.42 Å². The van der Waals surface area contributed by atoms with E-state index in [1.54, 1.807) is 25.2 Å². The van der Waals surface area contributed by atoms with Gasteiger partial charge in [0.15, 0.2) is 11.5 Å². The summed E-state index contributed by atoms with van der Waals surface area (Å²) in [5.74, 6) is 1.60. The first-order chi connectivity index (χ1) is 9.56. The van der Waals surface area contributed by atoms with Crippen LogP contribution in [-0.4, -0.2) is 42.4 Å². The summed E-state index contributed by atoms with van der Waals surface area (Å²) in [4.78, 5) is 13.9. The molecule has 2 N–H and O–H groups in total. The molecule has 2 aromatic heterocycles. The van der Waals surface area contributed by atoms with E-state index in [0.717, 1.165) is 31.0 Å². The van der Waals surface area contributed by atoms with Gasteiger partial charge in [-0.2, -0.15) is 5.10 Å². The molecule has 1 aliphatic rings. The van der Waals surface area contributed by atoms with Crippen molar-refractivity contribution in [3.05, 3.63) is 23.5 Å². The van der Waals surface area contributed by atoms with Crippen LogP contribution in [0.25, 0.3) is 0 Å². The summed E-state index contributed by atoms with van der Waals surface area (Å²) in [5, 5.41) is 12.4. The van der Waals surface area contributed by atoms with Crippen LogP contribution >= 0.6 is 0 Å². The predicted molar refractivity (Wildman–Crippen MR) is 71.8 cm³/mol. The summed E-state index contributed by atoms with van der Waals surface area (Å²) < 4.78 is 3.61. The van der Waals surface area contributed by atoms with Crippen LogP contribution in [0, 0.1) is 0 Å². The Bertz CT molecular complexity index is 657. The molecule has 2 aromatic rings. The normalized spacial score (nSPS) is 13.5. The third-order valence-corrected chi connectivity index (χ3v) is 3.47. The summed E-state index contributed by atoms with van der Waals surface area (Å²) in [5.41, 5.74) is 6.44. The van der Waals surface area contributed by atoms with Crippen LogP contribution in [0.15, 0.2) is 6.20 Å². The number of nitrogens with two attached hydrogens (primary N) is 1. The van der Waals surface area contributed by atoms with Gasteiger partial charge in [-0.3, -0.25) is 9.48 Å². The van der Waals surface area contributed by atoms with Gasteiger partial charge >= 0.3 is 0 Å². The second-order valence-electron chi connectivity index (χ2n) is 5.06. The van der Waals surface area contributed by atoms with Gasteiger partial charge in [-0.25, -0.2) is 0 Å².